The summed E-state index contributed by atoms with van der Waals surface area (Å²) in [6.45, 7) is 4.59. The molecule has 26 heavy (non-hydrogen) atoms. The van der Waals surface area contributed by atoms with E-state index in [1.165, 1.54) is 6.08 Å². The summed E-state index contributed by atoms with van der Waals surface area (Å²) < 4.78 is 11.5. The molecule has 134 valence electrons. The number of aryl methyl sites for hydroxylation is 1. The normalized spacial score (nSPS) is 10.9. The van der Waals surface area contributed by atoms with Crippen LogP contribution in [0.2, 0.25) is 5.02 Å². The molecule has 1 amide bonds. The molecule has 0 aromatic heterocycles. The quantitative estimate of drug-likeness (QED) is 0.589. The van der Waals surface area contributed by atoms with Crippen LogP contribution in [0.1, 0.15) is 23.6 Å². The molecule has 0 aliphatic rings. The predicted octanol–water partition coefficient (Wildman–Crippen LogP) is 4.02. The smallest absolute Gasteiger partial charge is 0.259 e. The van der Waals surface area contributed by atoms with Gasteiger partial charge in [0.05, 0.1) is 11.6 Å². The number of carbonyl (C=O) groups is 1. The monoisotopic (exact) mass is 370 g/mol. The molecule has 0 saturated carbocycles. The van der Waals surface area contributed by atoms with E-state index < -0.39 is 5.91 Å². The van der Waals surface area contributed by atoms with Gasteiger partial charge in [-0.05, 0) is 48.7 Å². The lowest BCUT2D eigenvalue weighted by molar-refractivity contribution is -0.114. The second-order valence-corrected chi connectivity index (χ2v) is 5.92. The summed E-state index contributed by atoms with van der Waals surface area (Å²) in [5.41, 5.74) is 7.67. The van der Waals surface area contributed by atoms with Crippen molar-refractivity contribution >= 4 is 23.6 Å². The largest absolute Gasteiger partial charge is 0.490 e. The van der Waals surface area contributed by atoms with Gasteiger partial charge in [0, 0.05) is 0 Å². The standard InChI is InChI=1S/C20H19ClN2O3/c1-3-25-18-10-14(8-16(11-22)20(23)24)9-17(21)19(18)26-12-15-7-5-4-6-13(15)2/h4-10H,3,12H2,1-2H3,(H2,23,24). The zero-order valence-corrected chi connectivity index (χ0v) is 15.3. The van der Waals surface area contributed by atoms with Crippen LogP contribution in [-0.2, 0) is 11.4 Å². The molecular formula is C20H19ClN2O3. The van der Waals surface area contributed by atoms with E-state index >= 15 is 0 Å². The number of hydrogen-bond donors (Lipinski definition) is 1. The average Bonchev–Trinajstić information content (AvgIpc) is 2.60. The molecule has 0 unspecified atom stereocenters. The van der Waals surface area contributed by atoms with Gasteiger partial charge in [-0.15, -0.1) is 0 Å². The molecule has 0 radical (unpaired) electrons. The highest BCUT2D eigenvalue weighted by atomic mass is 35.5. The Morgan fingerprint density at radius 1 is 1.31 bits per heavy atom. The van der Waals surface area contributed by atoms with Crippen molar-refractivity contribution in [1.82, 2.24) is 0 Å². The van der Waals surface area contributed by atoms with Crippen LogP contribution in [0.15, 0.2) is 42.0 Å². The van der Waals surface area contributed by atoms with Crippen molar-refractivity contribution in [3.63, 3.8) is 0 Å². The molecule has 2 N–H and O–H groups in total. The lowest BCUT2D eigenvalue weighted by Crippen LogP contribution is -2.12. The molecule has 6 heteroatoms. The third-order valence-corrected chi connectivity index (χ3v) is 3.94. The molecule has 0 aliphatic heterocycles. The zero-order valence-electron chi connectivity index (χ0n) is 14.6. The van der Waals surface area contributed by atoms with E-state index in [1.807, 2.05) is 38.1 Å². The van der Waals surface area contributed by atoms with Gasteiger partial charge in [0.1, 0.15) is 18.2 Å². The highest BCUT2D eigenvalue weighted by molar-refractivity contribution is 6.32. The first kappa shape index (κ1) is 19.4. The summed E-state index contributed by atoms with van der Waals surface area (Å²) in [4.78, 5) is 11.2. The van der Waals surface area contributed by atoms with Crippen molar-refractivity contribution in [2.24, 2.45) is 5.73 Å². The maximum absolute atomic E-state index is 11.2. The second kappa shape index (κ2) is 8.93. The Morgan fingerprint density at radius 2 is 2.04 bits per heavy atom. The Balaban J connectivity index is 2.36. The number of nitriles is 1. The summed E-state index contributed by atoms with van der Waals surface area (Å²) >= 11 is 6.35. The zero-order chi connectivity index (χ0) is 19.1. The number of rotatable bonds is 7. The van der Waals surface area contributed by atoms with Crippen LogP contribution in [0, 0.1) is 18.3 Å². The van der Waals surface area contributed by atoms with Crippen molar-refractivity contribution < 1.29 is 14.3 Å². The number of benzene rings is 2. The van der Waals surface area contributed by atoms with Gasteiger partial charge in [0.15, 0.2) is 11.5 Å². The fourth-order valence-corrected chi connectivity index (χ4v) is 2.60. The van der Waals surface area contributed by atoms with Gasteiger partial charge < -0.3 is 15.2 Å². The molecular weight excluding hydrogens is 352 g/mol. The number of ether oxygens (including phenoxy) is 2. The first-order valence-corrected chi connectivity index (χ1v) is 8.39. The van der Waals surface area contributed by atoms with E-state index in [9.17, 15) is 4.79 Å². The van der Waals surface area contributed by atoms with Gasteiger partial charge in [-0.25, -0.2) is 0 Å². The number of nitrogens with zero attached hydrogens (tertiary/aromatic N) is 1. The maximum atomic E-state index is 11.2. The van der Waals surface area contributed by atoms with E-state index in [-0.39, 0.29) is 5.57 Å². The molecule has 2 aromatic carbocycles. The van der Waals surface area contributed by atoms with Crippen molar-refractivity contribution in [2.45, 2.75) is 20.5 Å². The average molecular weight is 371 g/mol. The minimum atomic E-state index is -0.804. The van der Waals surface area contributed by atoms with Crippen LogP contribution in [0.5, 0.6) is 11.5 Å². The Morgan fingerprint density at radius 3 is 2.65 bits per heavy atom. The SMILES string of the molecule is CCOc1cc(C=C(C#N)C(N)=O)cc(Cl)c1OCc1ccccc1C. The third-order valence-electron chi connectivity index (χ3n) is 3.66. The van der Waals surface area contributed by atoms with Gasteiger partial charge in [0.25, 0.3) is 5.91 Å². The van der Waals surface area contributed by atoms with Crippen molar-refractivity contribution in [3.05, 3.63) is 63.7 Å². The molecule has 0 atom stereocenters. The van der Waals surface area contributed by atoms with E-state index in [4.69, 9.17) is 32.1 Å². The number of carbonyl (C=O) groups excluding carboxylic acids is 1. The molecule has 0 saturated heterocycles. The molecule has 0 heterocycles. The molecule has 0 fully saturated rings. The molecule has 5 nitrogen and oxygen atoms in total. The maximum Gasteiger partial charge on any atom is 0.259 e. The van der Waals surface area contributed by atoms with E-state index in [2.05, 4.69) is 0 Å². The topological polar surface area (TPSA) is 85.3 Å². The van der Waals surface area contributed by atoms with Crippen LogP contribution in [0.4, 0.5) is 0 Å². The molecule has 2 aromatic rings. The molecule has 2 rings (SSSR count). The van der Waals surface area contributed by atoms with Crippen molar-refractivity contribution in [1.29, 1.82) is 5.26 Å². The summed E-state index contributed by atoms with van der Waals surface area (Å²) in [6.07, 6.45) is 1.36. The molecule has 0 bridgehead atoms. The Labute approximate surface area is 157 Å². The summed E-state index contributed by atoms with van der Waals surface area (Å²) in [6, 6.07) is 12.9. The number of halogens is 1. The van der Waals surface area contributed by atoms with E-state index in [1.54, 1.807) is 18.2 Å². The second-order valence-electron chi connectivity index (χ2n) is 5.51. The summed E-state index contributed by atoms with van der Waals surface area (Å²) in [5.74, 6) is 0.0366. The first-order valence-electron chi connectivity index (χ1n) is 8.01. The highest BCUT2D eigenvalue weighted by Gasteiger charge is 2.14. The van der Waals surface area contributed by atoms with Crippen LogP contribution in [-0.4, -0.2) is 12.5 Å². The van der Waals surface area contributed by atoms with Gasteiger partial charge >= 0.3 is 0 Å². The Kier molecular flexibility index (Phi) is 6.65. The van der Waals surface area contributed by atoms with Crippen LogP contribution >= 0.6 is 11.6 Å². The van der Waals surface area contributed by atoms with E-state index in [0.717, 1.165) is 11.1 Å². The fourth-order valence-electron chi connectivity index (χ4n) is 2.32. The van der Waals surface area contributed by atoms with Gasteiger partial charge in [0.2, 0.25) is 0 Å². The fraction of sp³-hybridized carbons (Fsp3) is 0.200. The number of amides is 1. The third kappa shape index (κ3) is 4.78. The lowest BCUT2D eigenvalue weighted by Gasteiger charge is -2.15. The Bertz CT molecular complexity index is 885. The van der Waals surface area contributed by atoms with Crippen molar-refractivity contribution in [3.8, 4) is 17.6 Å². The lowest BCUT2D eigenvalue weighted by atomic mass is 10.1. The van der Waals surface area contributed by atoms with Gasteiger partial charge in [-0.3, -0.25) is 4.79 Å². The highest BCUT2D eigenvalue weighted by Crippen LogP contribution is 2.38. The van der Waals surface area contributed by atoms with Crippen molar-refractivity contribution in [2.75, 3.05) is 6.61 Å². The van der Waals surface area contributed by atoms with Gasteiger partial charge in [-0.2, -0.15) is 5.26 Å². The molecule has 0 aliphatic carbocycles. The minimum absolute atomic E-state index is 0.169. The predicted molar refractivity (Wildman–Crippen MR) is 101 cm³/mol. The summed E-state index contributed by atoms with van der Waals surface area (Å²) in [5, 5.41) is 9.30. The van der Waals surface area contributed by atoms with E-state index in [0.29, 0.717) is 35.3 Å². The Hall–Kier alpha value is -2.97. The number of nitrogens with two attached hydrogens (primary N) is 1. The van der Waals surface area contributed by atoms with Crippen LogP contribution in [0.25, 0.3) is 6.08 Å². The molecule has 0 spiro atoms. The summed E-state index contributed by atoms with van der Waals surface area (Å²) in [7, 11) is 0. The van der Waals surface area contributed by atoms with Crippen LogP contribution < -0.4 is 15.2 Å². The van der Waals surface area contributed by atoms with Crippen LogP contribution in [0.3, 0.4) is 0 Å². The van der Waals surface area contributed by atoms with Gasteiger partial charge in [-0.1, -0.05) is 35.9 Å². The first-order chi connectivity index (χ1) is 12.5. The number of hydrogen-bond acceptors (Lipinski definition) is 4. The number of primary amides is 1. The minimum Gasteiger partial charge on any atom is -0.490 e.